The van der Waals surface area contributed by atoms with Crippen LogP contribution in [0, 0.1) is 20.8 Å². The number of ether oxygens (including phenoxy) is 1. The number of aromatic nitrogens is 3. The van der Waals surface area contributed by atoms with Gasteiger partial charge in [-0.1, -0.05) is 41.6 Å². The summed E-state index contributed by atoms with van der Waals surface area (Å²) in [6, 6.07) is 20.0. The van der Waals surface area contributed by atoms with E-state index in [4.69, 9.17) is 4.74 Å². The SMILES string of the molecule is CCOC(=O)c1ccc(NC(=O)CSc2nnc(CNC(=O)c3cccc(C)c3)n2-c2cc(C)ccc2C)cc1. The van der Waals surface area contributed by atoms with Crippen LogP contribution in [0.5, 0.6) is 0 Å². The summed E-state index contributed by atoms with van der Waals surface area (Å²) >= 11 is 1.24. The van der Waals surface area contributed by atoms with Gasteiger partial charge in [0, 0.05) is 11.3 Å². The molecule has 0 spiro atoms. The van der Waals surface area contributed by atoms with Crippen LogP contribution >= 0.6 is 11.8 Å². The van der Waals surface area contributed by atoms with E-state index in [1.165, 1.54) is 11.8 Å². The van der Waals surface area contributed by atoms with Gasteiger partial charge in [0.2, 0.25) is 5.91 Å². The van der Waals surface area contributed by atoms with E-state index in [2.05, 4.69) is 20.8 Å². The molecule has 4 aromatic rings. The minimum atomic E-state index is -0.410. The predicted octanol–water partition coefficient (Wildman–Crippen LogP) is 5.03. The Morgan fingerprint density at radius 2 is 1.65 bits per heavy atom. The van der Waals surface area contributed by atoms with E-state index in [1.807, 2.05) is 61.7 Å². The second-order valence-corrected chi connectivity index (χ2v) is 10.2. The van der Waals surface area contributed by atoms with Gasteiger partial charge in [0.05, 0.1) is 30.2 Å². The van der Waals surface area contributed by atoms with Gasteiger partial charge in [0.15, 0.2) is 11.0 Å². The van der Waals surface area contributed by atoms with E-state index in [9.17, 15) is 14.4 Å². The summed E-state index contributed by atoms with van der Waals surface area (Å²) in [5, 5.41) is 15.0. The van der Waals surface area contributed by atoms with Crippen molar-refractivity contribution in [3.05, 3.63) is 100 Å². The lowest BCUT2D eigenvalue weighted by Crippen LogP contribution is -2.25. The normalized spacial score (nSPS) is 10.7. The van der Waals surface area contributed by atoms with E-state index < -0.39 is 5.97 Å². The Labute approximate surface area is 237 Å². The smallest absolute Gasteiger partial charge is 0.338 e. The zero-order valence-corrected chi connectivity index (χ0v) is 23.7. The number of benzene rings is 3. The van der Waals surface area contributed by atoms with Gasteiger partial charge >= 0.3 is 5.97 Å². The molecule has 4 rings (SSSR count). The molecule has 0 saturated carbocycles. The van der Waals surface area contributed by atoms with Crippen molar-refractivity contribution >= 4 is 35.2 Å². The van der Waals surface area contributed by atoms with Crippen molar-refractivity contribution in [2.45, 2.75) is 39.4 Å². The van der Waals surface area contributed by atoms with Gasteiger partial charge in [0.1, 0.15) is 0 Å². The van der Waals surface area contributed by atoms with Crippen LogP contribution in [0.15, 0.2) is 71.9 Å². The largest absolute Gasteiger partial charge is 0.462 e. The number of esters is 1. The number of nitrogens with one attached hydrogen (secondary N) is 2. The molecule has 0 aliphatic heterocycles. The predicted molar refractivity (Wildman–Crippen MR) is 155 cm³/mol. The van der Waals surface area contributed by atoms with Crippen molar-refractivity contribution in [3.63, 3.8) is 0 Å². The number of thioether (sulfide) groups is 1. The van der Waals surface area contributed by atoms with E-state index in [0.29, 0.717) is 34.4 Å². The van der Waals surface area contributed by atoms with Gasteiger partial charge in [-0.25, -0.2) is 4.79 Å². The van der Waals surface area contributed by atoms with Crippen molar-refractivity contribution in [2.24, 2.45) is 0 Å². The lowest BCUT2D eigenvalue weighted by atomic mass is 10.1. The number of carbonyl (C=O) groups is 3. The second kappa shape index (κ2) is 13.1. The van der Waals surface area contributed by atoms with Gasteiger partial charge in [0.25, 0.3) is 5.91 Å². The molecule has 10 heteroatoms. The minimum absolute atomic E-state index is 0.0816. The number of anilines is 1. The topological polar surface area (TPSA) is 115 Å². The van der Waals surface area contributed by atoms with Crippen LogP contribution < -0.4 is 10.6 Å². The molecule has 0 atom stereocenters. The van der Waals surface area contributed by atoms with Gasteiger partial charge in [-0.2, -0.15) is 0 Å². The van der Waals surface area contributed by atoms with Crippen LogP contribution in [0.2, 0.25) is 0 Å². The third kappa shape index (κ3) is 7.15. The van der Waals surface area contributed by atoms with Crippen molar-refractivity contribution < 1.29 is 19.1 Å². The minimum Gasteiger partial charge on any atom is -0.462 e. The Hall–Kier alpha value is -4.44. The molecule has 0 saturated heterocycles. The lowest BCUT2D eigenvalue weighted by molar-refractivity contribution is -0.113. The molecule has 2 N–H and O–H groups in total. The molecule has 2 amide bonds. The molecule has 9 nitrogen and oxygen atoms in total. The number of nitrogens with zero attached hydrogens (tertiary/aromatic N) is 3. The standard InChI is InChI=1S/C30H31N5O4S/c1-5-39-29(38)22-11-13-24(14-12-22)32-27(36)18-40-30-34-33-26(35(30)25-16-20(3)9-10-21(25)4)17-31-28(37)23-8-6-7-19(2)15-23/h6-16H,5,17-18H2,1-4H3,(H,31,37)(H,32,36). The summed E-state index contributed by atoms with van der Waals surface area (Å²) in [6.07, 6.45) is 0. The molecule has 0 radical (unpaired) electrons. The van der Waals surface area contributed by atoms with E-state index in [1.54, 1.807) is 37.3 Å². The molecule has 0 aliphatic carbocycles. The first-order valence-corrected chi connectivity index (χ1v) is 13.8. The zero-order chi connectivity index (χ0) is 28.6. The average molecular weight is 558 g/mol. The number of rotatable bonds is 10. The maximum absolute atomic E-state index is 12.8. The third-order valence-corrected chi connectivity index (χ3v) is 6.93. The lowest BCUT2D eigenvalue weighted by Gasteiger charge is -2.14. The van der Waals surface area contributed by atoms with Crippen molar-refractivity contribution in [1.29, 1.82) is 0 Å². The Kier molecular flexibility index (Phi) is 9.34. The Bertz CT molecular complexity index is 1530. The molecular weight excluding hydrogens is 526 g/mol. The molecule has 1 heterocycles. The highest BCUT2D eigenvalue weighted by atomic mass is 32.2. The highest BCUT2D eigenvalue weighted by Gasteiger charge is 2.19. The van der Waals surface area contributed by atoms with E-state index in [0.717, 1.165) is 22.4 Å². The summed E-state index contributed by atoms with van der Waals surface area (Å²) in [5.74, 6) is -0.224. The third-order valence-electron chi connectivity index (χ3n) is 6.01. The monoisotopic (exact) mass is 557 g/mol. The molecule has 206 valence electrons. The Balaban J connectivity index is 1.49. The van der Waals surface area contributed by atoms with Crippen LogP contribution in [-0.4, -0.2) is 44.9 Å². The first-order valence-electron chi connectivity index (χ1n) is 12.8. The number of aryl methyl sites for hydroxylation is 3. The fourth-order valence-corrected chi connectivity index (χ4v) is 4.75. The second-order valence-electron chi connectivity index (χ2n) is 9.21. The maximum atomic E-state index is 12.8. The number of carbonyl (C=O) groups excluding carboxylic acids is 3. The van der Waals surface area contributed by atoms with Gasteiger partial charge in [-0.05, 0) is 81.3 Å². The van der Waals surface area contributed by atoms with Crippen LogP contribution in [0.1, 0.15) is 50.2 Å². The quantitative estimate of drug-likeness (QED) is 0.208. The molecule has 40 heavy (non-hydrogen) atoms. The van der Waals surface area contributed by atoms with Gasteiger partial charge in [-0.15, -0.1) is 10.2 Å². The number of hydrogen-bond donors (Lipinski definition) is 2. The van der Waals surface area contributed by atoms with Crippen LogP contribution in [-0.2, 0) is 16.1 Å². The fourth-order valence-electron chi connectivity index (χ4n) is 3.99. The Morgan fingerprint density at radius 1 is 0.900 bits per heavy atom. The summed E-state index contributed by atoms with van der Waals surface area (Å²) in [5.41, 5.74) is 5.49. The number of hydrogen-bond acceptors (Lipinski definition) is 7. The molecule has 0 bridgehead atoms. The summed E-state index contributed by atoms with van der Waals surface area (Å²) in [4.78, 5) is 37.4. The number of amides is 2. The van der Waals surface area contributed by atoms with E-state index >= 15 is 0 Å². The van der Waals surface area contributed by atoms with Crippen molar-refractivity contribution in [2.75, 3.05) is 17.7 Å². The summed E-state index contributed by atoms with van der Waals surface area (Å²) in [7, 11) is 0. The molecule has 0 unspecified atom stereocenters. The van der Waals surface area contributed by atoms with Crippen molar-refractivity contribution in [3.8, 4) is 5.69 Å². The molecule has 3 aromatic carbocycles. The first-order chi connectivity index (χ1) is 19.2. The fraction of sp³-hybridized carbons (Fsp3) is 0.233. The van der Waals surface area contributed by atoms with Crippen LogP contribution in [0.4, 0.5) is 5.69 Å². The molecule has 1 aromatic heterocycles. The van der Waals surface area contributed by atoms with Gasteiger partial charge < -0.3 is 15.4 Å². The van der Waals surface area contributed by atoms with Crippen LogP contribution in [0.25, 0.3) is 5.69 Å². The molecular formula is C30H31N5O4S. The first kappa shape index (κ1) is 28.6. The van der Waals surface area contributed by atoms with E-state index in [-0.39, 0.29) is 24.1 Å². The highest BCUT2D eigenvalue weighted by Crippen LogP contribution is 2.25. The zero-order valence-electron chi connectivity index (χ0n) is 22.9. The molecule has 0 fully saturated rings. The highest BCUT2D eigenvalue weighted by molar-refractivity contribution is 7.99. The molecule has 0 aliphatic rings. The van der Waals surface area contributed by atoms with Gasteiger partial charge in [-0.3, -0.25) is 14.2 Å². The van der Waals surface area contributed by atoms with Crippen molar-refractivity contribution in [1.82, 2.24) is 20.1 Å². The Morgan fingerprint density at radius 3 is 2.38 bits per heavy atom. The summed E-state index contributed by atoms with van der Waals surface area (Å²) in [6.45, 7) is 8.13. The summed E-state index contributed by atoms with van der Waals surface area (Å²) < 4.78 is 6.87. The maximum Gasteiger partial charge on any atom is 0.338 e. The van der Waals surface area contributed by atoms with Crippen LogP contribution in [0.3, 0.4) is 0 Å². The average Bonchev–Trinajstić information content (AvgIpc) is 3.35.